The molecule has 3 aromatic carbocycles. The van der Waals surface area contributed by atoms with E-state index < -0.39 is 10.0 Å². The zero-order valence-corrected chi connectivity index (χ0v) is 20.4. The third-order valence-electron chi connectivity index (χ3n) is 5.52. The van der Waals surface area contributed by atoms with Gasteiger partial charge in [0, 0.05) is 29.4 Å². The molecule has 3 aromatic rings. The number of carbonyl (C=O) groups excluding carboxylic acids is 2. The summed E-state index contributed by atoms with van der Waals surface area (Å²) in [6, 6.07) is 20.3. The van der Waals surface area contributed by atoms with E-state index in [1.165, 1.54) is 13.0 Å². The molecule has 2 N–H and O–H groups in total. The Kier molecular flexibility index (Phi) is 6.66. The van der Waals surface area contributed by atoms with Crippen LogP contribution in [0.25, 0.3) is 0 Å². The summed E-state index contributed by atoms with van der Waals surface area (Å²) in [5.74, 6) is -0.185. The number of benzene rings is 3. The Balaban J connectivity index is 1.71. The van der Waals surface area contributed by atoms with Crippen molar-refractivity contribution in [2.45, 2.75) is 31.6 Å². The van der Waals surface area contributed by atoms with E-state index in [-0.39, 0.29) is 33.9 Å². The first kappa shape index (κ1) is 24.1. The Labute approximate surface area is 204 Å². The van der Waals surface area contributed by atoms with Gasteiger partial charge in [-0.05, 0) is 54.0 Å². The van der Waals surface area contributed by atoms with Crippen molar-refractivity contribution in [2.24, 2.45) is 4.40 Å². The maximum absolute atomic E-state index is 13.1. The van der Waals surface area contributed by atoms with Crippen LogP contribution in [0.15, 0.2) is 93.9 Å². The van der Waals surface area contributed by atoms with Crippen molar-refractivity contribution in [3.8, 4) is 0 Å². The summed E-state index contributed by atoms with van der Waals surface area (Å²) in [5, 5.41) is 5.73. The topological polar surface area (TPSA) is 105 Å². The number of rotatable bonds is 6. The van der Waals surface area contributed by atoms with Gasteiger partial charge in [-0.1, -0.05) is 50.2 Å². The van der Waals surface area contributed by atoms with Gasteiger partial charge in [0.15, 0.2) is 0 Å². The number of ketones is 1. The molecule has 1 aliphatic rings. The lowest BCUT2D eigenvalue weighted by Gasteiger charge is -2.19. The highest BCUT2D eigenvalue weighted by Crippen LogP contribution is 2.26. The minimum atomic E-state index is -4.01. The highest BCUT2D eigenvalue weighted by molar-refractivity contribution is 7.90. The van der Waals surface area contributed by atoms with Crippen LogP contribution in [-0.4, -0.2) is 25.8 Å². The number of Topliss-reactive ketones (excluding diaryl/α,β-unsaturated/α-hetero) is 1. The van der Waals surface area contributed by atoms with E-state index in [9.17, 15) is 18.0 Å². The van der Waals surface area contributed by atoms with E-state index in [4.69, 9.17) is 0 Å². The largest absolute Gasteiger partial charge is 0.352 e. The molecule has 0 fully saturated rings. The fraction of sp³-hybridized carbons (Fsp3) is 0.148. The van der Waals surface area contributed by atoms with Crippen LogP contribution in [0, 0.1) is 0 Å². The zero-order chi connectivity index (χ0) is 25.2. The second kappa shape index (κ2) is 9.68. The zero-order valence-electron chi connectivity index (χ0n) is 19.6. The fourth-order valence-corrected chi connectivity index (χ4v) is 4.70. The molecule has 0 atom stereocenters. The molecule has 0 saturated carbocycles. The highest BCUT2D eigenvalue weighted by Gasteiger charge is 2.26. The quantitative estimate of drug-likeness (QED) is 0.501. The monoisotopic (exact) mass is 487 g/mol. The van der Waals surface area contributed by atoms with E-state index in [0.717, 1.165) is 5.56 Å². The van der Waals surface area contributed by atoms with Crippen LogP contribution >= 0.6 is 0 Å². The van der Waals surface area contributed by atoms with Gasteiger partial charge >= 0.3 is 0 Å². The third-order valence-corrected chi connectivity index (χ3v) is 6.83. The molecule has 8 heteroatoms. The number of nitrogens with one attached hydrogen (secondary N) is 2. The number of hydrogen-bond donors (Lipinski definition) is 2. The molecule has 1 aliphatic carbocycles. The highest BCUT2D eigenvalue weighted by atomic mass is 32.2. The SMILES string of the molecule is CC(=O)Nc1ccc(NC2=C/C(=N\S(=O)(=O)c3ccc(C(C)C)cc3)c3ccccc3C2=O)cc1. The minimum Gasteiger partial charge on any atom is -0.352 e. The molecule has 0 saturated heterocycles. The molecule has 7 nitrogen and oxygen atoms in total. The average Bonchev–Trinajstić information content (AvgIpc) is 2.83. The molecule has 178 valence electrons. The van der Waals surface area contributed by atoms with Crippen LogP contribution in [0.1, 0.15) is 48.2 Å². The first-order valence-electron chi connectivity index (χ1n) is 11.1. The molecule has 0 bridgehead atoms. The number of allylic oxidation sites excluding steroid dienone is 2. The number of sulfonamides is 1. The number of fused-ring (bicyclic) bond motifs is 1. The summed E-state index contributed by atoms with van der Waals surface area (Å²) in [6.07, 6.45) is 1.45. The molecule has 0 radical (unpaired) electrons. The predicted molar refractivity (Wildman–Crippen MR) is 137 cm³/mol. The fourth-order valence-electron chi connectivity index (χ4n) is 3.70. The molecule has 0 spiro atoms. The molecule has 4 rings (SSSR count). The second-order valence-electron chi connectivity index (χ2n) is 8.49. The summed E-state index contributed by atoms with van der Waals surface area (Å²) >= 11 is 0. The molecule has 0 aromatic heterocycles. The number of anilines is 2. The maximum Gasteiger partial charge on any atom is 0.282 e. The Morgan fingerprint density at radius 1 is 0.857 bits per heavy atom. The lowest BCUT2D eigenvalue weighted by Crippen LogP contribution is -2.22. The molecule has 1 amide bonds. The predicted octanol–water partition coefficient (Wildman–Crippen LogP) is 5.14. The smallest absolute Gasteiger partial charge is 0.282 e. The molecule has 0 aliphatic heterocycles. The van der Waals surface area contributed by atoms with Crippen LogP contribution < -0.4 is 10.6 Å². The van der Waals surface area contributed by atoms with E-state index in [2.05, 4.69) is 15.0 Å². The summed E-state index contributed by atoms with van der Waals surface area (Å²) in [6.45, 7) is 5.49. The van der Waals surface area contributed by atoms with Crippen molar-refractivity contribution in [1.82, 2.24) is 0 Å². The maximum atomic E-state index is 13.1. The van der Waals surface area contributed by atoms with Gasteiger partial charge in [0.05, 0.1) is 16.3 Å². The Morgan fingerprint density at radius 3 is 2.06 bits per heavy atom. The van der Waals surface area contributed by atoms with E-state index in [1.54, 1.807) is 72.8 Å². The van der Waals surface area contributed by atoms with Gasteiger partial charge in [-0.3, -0.25) is 9.59 Å². The number of carbonyl (C=O) groups is 2. The molecular weight excluding hydrogens is 462 g/mol. The van der Waals surface area contributed by atoms with Crippen molar-refractivity contribution >= 4 is 38.8 Å². The van der Waals surface area contributed by atoms with Gasteiger partial charge in [-0.2, -0.15) is 12.8 Å². The summed E-state index contributed by atoms with van der Waals surface area (Å²) < 4.78 is 30.3. The summed E-state index contributed by atoms with van der Waals surface area (Å²) in [5.41, 5.74) is 3.42. The minimum absolute atomic E-state index is 0.0836. The molecule has 0 heterocycles. The number of hydrogen-bond acceptors (Lipinski definition) is 5. The van der Waals surface area contributed by atoms with Crippen molar-refractivity contribution in [3.63, 3.8) is 0 Å². The third kappa shape index (κ3) is 5.38. The first-order chi connectivity index (χ1) is 16.6. The standard InChI is InChI=1S/C27H25N3O4S/c1-17(2)19-8-14-22(15-9-19)35(33,34)30-25-16-26(27(32)24-7-5-4-6-23(24)25)29-21-12-10-20(11-13-21)28-18(3)31/h4-17,29H,1-3H3,(H,28,31)/b30-25+. The second-order valence-corrected chi connectivity index (χ2v) is 10.1. The Morgan fingerprint density at radius 2 is 1.46 bits per heavy atom. The van der Waals surface area contributed by atoms with Crippen LogP contribution in [-0.2, 0) is 14.8 Å². The lowest BCUT2D eigenvalue weighted by molar-refractivity contribution is -0.114. The van der Waals surface area contributed by atoms with Gasteiger partial charge in [0.25, 0.3) is 10.0 Å². The first-order valence-corrected chi connectivity index (χ1v) is 12.5. The van der Waals surface area contributed by atoms with Gasteiger partial charge in [-0.25, -0.2) is 0 Å². The van der Waals surface area contributed by atoms with Crippen molar-refractivity contribution in [1.29, 1.82) is 0 Å². The van der Waals surface area contributed by atoms with E-state index in [0.29, 0.717) is 22.5 Å². The van der Waals surface area contributed by atoms with E-state index >= 15 is 0 Å². The number of amides is 1. The van der Waals surface area contributed by atoms with Gasteiger partial charge in [0.2, 0.25) is 11.7 Å². The molecule has 35 heavy (non-hydrogen) atoms. The Hall–Kier alpha value is -4.04. The van der Waals surface area contributed by atoms with E-state index in [1.807, 2.05) is 13.8 Å². The van der Waals surface area contributed by atoms with Crippen molar-refractivity contribution < 1.29 is 18.0 Å². The normalized spacial score (nSPS) is 14.5. The molecule has 0 unspecified atom stereocenters. The number of nitrogens with zero attached hydrogens (tertiary/aromatic N) is 1. The van der Waals surface area contributed by atoms with Gasteiger partial charge in [-0.15, -0.1) is 0 Å². The van der Waals surface area contributed by atoms with Crippen LogP contribution in [0.3, 0.4) is 0 Å². The summed E-state index contributed by atoms with van der Waals surface area (Å²) in [4.78, 5) is 24.4. The lowest BCUT2D eigenvalue weighted by atomic mass is 9.92. The van der Waals surface area contributed by atoms with Crippen LogP contribution in [0.4, 0.5) is 11.4 Å². The van der Waals surface area contributed by atoms with Gasteiger partial charge in [0.1, 0.15) is 0 Å². The van der Waals surface area contributed by atoms with Gasteiger partial charge < -0.3 is 10.6 Å². The van der Waals surface area contributed by atoms with Crippen molar-refractivity contribution in [3.05, 3.63) is 101 Å². The van der Waals surface area contributed by atoms with Crippen LogP contribution in [0.5, 0.6) is 0 Å². The summed E-state index contributed by atoms with van der Waals surface area (Å²) in [7, 11) is -4.01. The Bertz CT molecular complexity index is 1450. The average molecular weight is 488 g/mol. The molecular formula is C27H25N3O4S. The van der Waals surface area contributed by atoms with Crippen molar-refractivity contribution in [2.75, 3.05) is 10.6 Å². The van der Waals surface area contributed by atoms with Crippen LogP contribution in [0.2, 0.25) is 0 Å².